The van der Waals surface area contributed by atoms with E-state index in [0.717, 1.165) is 19.6 Å². The third kappa shape index (κ3) is 3.87. The Morgan fingerprint density at radius 1 is 1.44 bits per heavy atom. The van der Waals surface area contributed by atoms with E-state index in [1.807, 2.05) is 0 Å². The quantitative estimate of drug-likeness (QED) is 0.831. The van der Waals surface area contributed by atoms with Crippen LogP contribution in [0, 0.1) is 0 Å². The van der Waals surface area contributed by atoms with Gasteiger partial charge in [0.05, 0.1) is 11.9 Å². The standard InChI is InChI=1S/C11H18ClN3O/c1-3-15(4-2)5-6-16-11-10(12)7-9(13)8-14-11/h7-8H,3-6,13H2,1-2H3. The van der Waals surface area contributed by atoms with Gasteiger partial charge < -0.3 is 15.4 Å². The number of rotatable bonds is 6. The number of hydrogen-bond donors (Lipinski definition) is 1. The lowest BCUT2D eigenvalue weighted by molar-refractivity contribution is 0.218. The van der Waals surface area contributed by atoms with Crippen molar-refractivity contribution in [3.8, 4) is 5.88 Å². The molecular formula is C11H18ClN3O. The third-order valence-corrected chi connectivity index (χ3v) is 2.64. The van der Waals surface area contributed by atoms with E-state index < -0.39 is 0 Å². The van der Waals surface area contributed by atoms with Gasteiger partial charge in [-0.2, -0.15) is 0 Å². The molecule has 1 rings (SSSR count). The molecule has 5 heteroatoms. The highest BCUT2D eigenvalue weighted by molar-refractivity contribution is 6.32. The Kier molecular flexibility index (Phi) is 5.35. The first-order valence-corrected chi connectivity index (χ1v) is 5.81. The SMILES string of the molecule is CCN(CC)CCOc1ncc(N)cc1Cl. The Bertz CT molecular complexity index is 329. The molecule has 4 nitrogen and oxygen atoms in total. The summed E-state index contributed by atoms with van der Waals surface area (Å²) in [5.74, 6) is 0.447. The molecule has 90 valence electrons. The molecular weight excluding hydrogens is 226 g/mol. The number of nitrogens with zero attached hydrogens (tertiary/aromatic N) is 2. The lowest BCUT2D eigenvalue weighted by atomic mass is 10.4. The van der Waals surface area contributed by atoms with Gasteiger partial charge in [-0.1, -0.05) is 25.4 Å². The van der Waals surface area contributed by atoms with Crippen LogP contribution in [-0.2, 0) is 0 Å². The molecule has 0 aliphatic carbocycles. The largest absolute Gasteiger partial charge is 0.475 e. The highest BCUT2D eigenvalue weighted by atomic mass is 35.5. The molecule has 0 spiro atoms. The predicted molar refractivity (Wildman–Crippen MR) is 66.9 cm³/mol. The van der Waals surface area contributed by atoms with Crippen molar-refractivity contribution in [3.63, 3.8) is 0 Å². The van der Waals surface area contributed by atoms with Crippen molar-refractivity contribution in [1.29, 1.82) is 0 Å². The summed E-state index contributed by atoms with van der Waals surface area (Å²) in [6.07, 6.45) is 1.54. The van der Waals surface area contributed by atoms with Crippen LogP contribution in [0.4, 0.5) is 5.69 Å². The molecule has 0 radical (unpaired) electrons. The molecule has 0 atom stereocenters. The van der Waals surface area contributed by atoms with Crippen LogP contribution in [0.15, 0.2) is 12.3 Å². The van der Waals surface area contributed by atoms with Crippen molar-refractivity contribution in [3.05, 3.63) is 17.3 Å². The van der Waals surface area contributed by atoms with Crippen LogP contribution in [0.2, 0.25) is 5.02 Å². The molecule has 0 unspecified atom stereocenters. The van der Waals surface area contributed by atoms with Crippen molar-refractivity contribution in [2.24, 2.45) is 0 Å². The number of halogens is 1. The molecule has 0 fully saturated rings. The molecule has 16 heavy (non-hydrogen) atoms. The van der Waals surface area contributed by atoms with Gasteiger partial charge in [-0.15, -0.1) is 0 Å². The van der Waals surface area contributed by atoms with Gasteiger partial charge in [-0.3, -0.25) is 0 Å². The maximum absolute atomic E-state index is 5.93. The van der Waals surface area contributed by atoms with Crippen LogP contribution in [-0.4, -0.2) is 36.1 Å². The maximum Gasteiger partial charge on any atom is 0.232 e. The van der Waals surface area contributed by atoms with Crippen LogP contribution in [0.1, 0.15) is 13.8 Å². The molecule has 1 aromatic heterocycles. The minimum absolute atomic E-state index is 0.447. The smallest absolute Gasteiger partial charge is 0.232 e. The Morgan fingerprint density at radius 2 is 2.12 bits per heavy atom. The fourth-order valence-electron chi connectivity index (χ4n) is 1.36. The number of anilines is 1. The van der Waals surface area contributed by atoms with Crippen molar-refractivity contribution in [2.75, 3.05) is 32.0 Å². The number of likely N-dealkylation sites (N-methyl/N-ethyl adjacent to an activating group) is 1. The number of pyridine rings is 1. The minimum Gasteiger partial charge on any atom is -0.475 e. The van der Waals surface area contributed by atoms with Gasteiger partial charge in [0.15, 0.2) is 0 Å². The number of nitrogens with two attached hydrogens (primary N) is 1. The van der Waals surface area contributed by atoms with Crippen molar-refractivity contribution < 1.29 is 4.74 Å². The minimum atomic E-state index is 0.447. The molecule has 0 amide bonds. The van der Waals surface area contributed by atoms with E-state index in [1.165, 1.54) is 0 Å². The number of hydrogen-bond acceptors (Lipinski definition) is 4. The van der Waals surface area contributed by atoms with E-state index in [9.17, 15) is 0 Å². The van der Waals surface area contributed by atoms with Crippen LogP contribution in [0.5, 0.6) is 5.88 Å². The van der Waals surface area contributed by atoms with Crippen LogP contribution in [0.25, 0.3) is 0 Å². The molecule has 2 N–H and O–H groups in total. The normalized spacial score (nSPS) is 10.8. The van der Waals surface area contributed by atoms with Gasteiger partial charge in [0.1, 0.15) is 11.6 Å². The molecule has 1 aromatic rings. The first-order chi connectivity index (χ1) is 7.67. The Labute approximate surface area is 101 Å². The summed E-state index contributed by atoms with van der Waals surface area (Å²) in [7, 11) is 0. The zero-order valence-electron chi connectivity index (χ0n) is 9.74. The summed E-state index contributed by atoms with van der Waals surface area (Å²) in [5, 5.41) is 0.458. The Morgan fingerprint density at radius 3 is 2.69 bits per heavy atom. The Balaban J connectivity index is 2.42. The van der Waals surface area contributed by atoms with Crippen LogP contribution in [0.3, 0.4) is 0 Å². The lowest BCUT2D eigenvalue weighted by Crippen LogP contribution is -2.28. The fraction of sp³-hybridized carbons (Fsp3) is 0.545. The van der Waals surface area contributed by atoms with E-state index in [-0.39, 0.29) is 0 Å². The average molecular weight is 244 g/mol. The fourth-order valence-corrected chi connectivity index (χ4v) is 1.59. The van der Waals surface area contributed by atoms with Gasteiger partial charge >= 0.3 is 0 Å². The zero-order valence-corrected chi connectivity index (χ0v) is 10.5. The molecule has 0 saturated heterocycles. The monoisotopic (exact) mass is 243 g/mol. The number of ether oxygens (including phenoxy) is 1. The van der Waals surface area contributed by atoms with Gasteiger partial charge in [-0.05, 0) is 19.2 Å². The molecule has 0 aliphatic heterocycles. The molecule has 0 bridgehead atoms. The van der Waals surface area contributed by atoms with Crippen LogP contribution >= 0.6 is 11.6 Å². The van der Waals surface area contributed by atoms with Gasteiger partial charge in [0.25, 0.3) is 0 Å². The molecule has 0 aliphatic rings. The average Bonchev–Trinajstić information content (AvgIpc) is 2.27. The number of nitrogen functional groups attached to an aromatic ring is 1. The lowest BCUT2D eigenvalue weighted by Gasteiger charge is -2.17. The van der Waals surface area contributed by atoms with Gasteiger partial charge in [0, 0.05) is 6.54 Å². The van der Waals surface area contributed by atoms with E-state index in [2.05, 4.69) is 23.7 Å². The van der Waals surface area contributed by atoms with E-state index in [1.54, 1.807) is 12.3 Å². The van der Waals surface area contributed by atoms with Crippen molar-refractivity contribution in [2.45, 2.75) is 13.8 Å². The summed E-state index contributed by atoms with van der Waals surface area (Å²) in [6, 6.07) is 1.64. The second kappa shape index (κ2) is 6.55. The summed E-state index contributed by atoms with van der Waals surface area (Å²) in [5.41, 5.74) is 6.08. The molecule has 0 aromatic carbocycles. The van der Waals surface area contributed by atoms with Gasteiger partial charge in [0.2, 0.25) is 5.88 Å². The second-order valence-electron chi connectivity index (χ2n) is 3.43. The summed E-state index contributed by atoms with van der Waals surface area (Å²) in [4.78, 5) is 6.30. The van der Waals surface area contributed by atoms with E-state index in [4.69, 9.17) is 22.1 Å². The first-order valence-electron chi connectivity index (χ1n) is 5.43. The van der Waals surface area contributed by atoms with E-state index >= 15 is 0 Å². The zero-order chi connectivity index (χ0) is 12.0. The number of aromatic nitrogens is 1. The highest BCUT2D eigenvalue weighted by Crippen LogP contribution is 2.22. The third-order valence-electron chi connectivity index (χ3n) is 2.37. The highest BCUT2D eigenvalue weighted by Gasteiger charge is 2.04. The summed E-state index contributed by atoms with van der Waals surface area (Å²) in [6.45, 7) is 7.73. The van der Waals surface area contributed by atoms with Gasteiger partial charge in [-0.25, -0.2) is 4.98 Å². The van der Waals surface area contributed by atoms with Crippen LogP contribution < -0.4 is 10.5 Å². The van der Waals surface area contributed by atoms with Crippen molar-refractivity contribution in [1.82, 2.24) is 9.88 Å². The first kappa shape index (κ1) is 13.1. The molecule has 1 heterocycles. The second-order valence-corrected chi connectivity index (χ2v) is 3.84. The molecule has 0 saturated carbocycles. The predicted octanol–water partition coefficient (Wildman–Crippen LogP) is 2.04. The topological polar surface area (TPSA) is 51.4 Å². The maximum atomic E-state index is 5.93. The summed E-state index contributed by atoms with van der Waals surface area (Å²) < 4.78 is 5.49. The van der Waals surface area contributed by atoms with E-state index in [0.29, 0.717) is 23.2 Å². The Hall–Kier alpha value is -1.00. The summed E-state index contributed by atoms with van der Waals surface area (Å²) >= 11 is 5.93. The van der Waals surface area contributed by atoms with Crippen molar-refractivity contribution >= 4 is 17.3 Å².